The Hall–Kier alpha value is -2.13. The van der Waals surface area contributed by atoms with Gasteiger partial charge in [-0.15, -0.1) is 0 Å². The standard InChI is InChI=1S/C34H50O3/c1-4-29-24-31(19-18-27(29)3)33-21-20-32(25-30(33)5-2)34(35)37-23-15-10-8-6-7-9-14-22-36-26-28-16-12-11-13-17-28/h18-21,24-25,28H,4-17,22-23,26H2,1-3H3. The van der Waals surface area contributed by atoms with Crippen LogP contribution in [0.5, 0.6) is 0 Å². The second kappa shape index (κ2) is 16.7. The fraction of sp³-hybridized carbons (Fsp3) is 0.618. The first-order valence-corrected chi connectivity index (χ1v) is 15.1. The fourth-order valence-corrected chi connectivity index (χ4v) is 5.56. The maximum Gasteiger partial charge on any atom is 0.338 e. The Morgan fingerprint density at radius 2 is 1.46 bits per heavy atom. The summed E-state index contributed by atoms with van der Waals surface area (Å²) in [5, 5.41) is 0. The lowest BCUT2D eigenvalue weighted by atomic mass is 9.90. The molecule has 2 aromatic rings. The number of benzene rings is 2. The van der Waals surface area contributed by atoms with Crippen molar-refractivity contribution in [1.29, 1.82) is 0 Å². The highest BCUT2D eigenvalue weighted by atomic mass is 16.5. The predicted molar refractivity (Wildman–Crippen MR) is 155 cm³/mol. The van der Waals surface area contributed by atoms with Crippen molar-refractivity contribution < 1.29 is 14.3 Å². The van der Waals surface area contributed by atoms with Gasteiger partial charge >= 0.3 is 5.97 Å². The van der Waals surface area contributed by atoms with E-state index in [1.54, 1.807) is 0 Å². The van der Waals surface area contributed by atoms with Crippen LogP contribution in [0, 0.1) is 12.8 Å². The third kappa shape index (κ3) is 9.93. The van der Waals surface area contributed by atoms with E-state index in [2.05, 4.69) is 45.0 Å². The lowest BCUT2D eigenvalue weighted by Gasteiger charge is -2.21. The first kappa shape index (κ1) is 29.4. The SMILES string of the molecule is CCc1cc(-c2ccc(C(=O)OCCCCCCCCCOCC3CCCCC3)cc2CC)ccc1C. The van der Waals surface area contributed by atoms with E-state index in [4.69, 9.17) is 9.47 Å². The monoisotopic (exact) mass is 506 g/mol. The molecule has 0 aliphatic heterocycles. The second-order valence-electron chi connectivity index (χ2n) is 10.9. The molecular formula is C34H50O3. The molecule has 0 N–H and O–H groups in total. The Morgan fingerprint density at radius 3 is 2.16 bits per heavy atom. The van der Waals surface area contributed by atoms with Gasteiger partial charge in [0.05, 0.1) is 12.2 Å². The molecule has 0 atom stereocenters. The molecule has 0 radical (unpaired) electrons. The molecule has 1 aliphatic carbocycles. The number of aryl methyl sites for hydroxylation is 3. The molecule has 204 valence electrons. The smallest absolute Gasteiger partial charge is 0.338 e. The zero-order chi connectivity index (χ0) is 26.3. The summed E-state index contributed by atoms with van der Waals surface area (Å²) in [4.78, 5) is 12.6. The summed E-state index contributed by atoms with van der Waals surface area (Å²) in [5.74, 6) is 0.622. The van der Waals surface area contributed by atoms with Crippen LogP contribution in [0.25, 0.3) is 11.1 Å². The van der Waals surface area contributed by atoms with E-state index in [9.17, 15) is 4.79 Å². The Kier molecular flexibility index (Phi) is 13.2. The van der Waals surface area contributed by atoms with Gasteiger partial charge in [0.25, 0.3) is 0 Å². The summed E-state index contributed by atoms with van der Waals surface area (Å²) in [6, 6.07) is 12.7. The van der Waals surface area contributed by atoms with Crippen LogP contribution in [0.2, 0.25) is 0 Å². The molecule has 0 heterocycles. The molecular weight excluding hydrogens is 456 g/mol. The first-order chi connectivity index (χ1) is 18.1. The van der Waals surface area contributed by atoms with Crippen molar-refractivity contribution in [3.05, 3.63) is 58.7 Å². The molecule has 37 heavy (non-hydrogen) atoms. The summed E-state index contributed by atoms with van der Waals surface area (Å²) < 4.78 is 11.5. The van der Waals surface area contributed by atoms with E-state index < -0.39 is 0 Å². The Balaban J connectivity index is 1.27. The summed E-state index contributed by atoms with van der Waals surface area (Å²) in [5.41, 5.74) is 7.01. The molecule has 3 rings (SSSR count). The average Bonchev–Trinajstić information content (AvgIpc) is 2.94. The van der Waals surface area contributed by atoms with Crippen LogP contribution >= 0.6 is 0 Å². The number of unbranched alkanes of at least 4 members (excludes halogenated alkanes) is 6. The van der Waals surface area contributed by atoms with Crippen LogP contribution in [-0.2, 0) is 22.3 Å². The lowest BCUT2D eigenvalue weighted by molar-refractivity contribution is 0.0497. The van der Waals surface area contributed by atoms with Crippen LogP contribution in [0.15, 0.2) is 36.4 Å². The minimum atomic E-state index is -0.201. The number of carbonyl (C=O) groups excluding carboxylic acids is 1. The average molecular weight is 507 g/mol. The summed E-state index contributed by atoms with van der Waals surface area (Å²) >= 11 is 0. The highest BCUT2D eigenvalue weighted by Crippen LogP contribution is 2.28. The number of rotatable bonds is 16. The predicted octanol–water partition coefficient (Wildman–Crippen LogP) is 9.27. The summed E-state index contributed by atoms with van der Waals surface area (Å²) in [7, 11) is 0. The van der Waals surface area contributed by atoms with Crippen LogP contribution in [0.3, 0.4) is 0 Å². The van der Waals surface area contributed by atoms with Crippen molar-refractivity contribution in [2.45, 2.75) is 111 Å². The van der Waals surface area contributed by atoms with Gasteiger partial charge in [-0.05, 0) is 91.3 Å². The van der Waals surface area contributed by atoms with Crippen LogP contribution in [-0.4, -0.2) is 25.8 Å². The van der Waals surface area contributed by atoms with E-state index in [-0.39, 0.29) is 5.97 Å². The van der Waals surface area contributed by atoms with Crippen molar-refractivity contribution in [3.63, 3.8) is 0 Å². The fourth-order valence-electron chi connectivity index (χ4n) is 5.56. The zero-order valence-corrected chi connectivity index (χ0v) is 23.8. The van der Waals surface area contributed by atoms with E-state index >= 15 is 0 Å². The first-order valence-electron chi connectivity index (χ1n) is 15.1. The third-order valence-corrected chi connectivity index (χ3v) is 8.01. The molecule has 0 unspecified atom stereocenters. The normalized spacial score (nSPS) is 14.1. The van der Waals surface area contributed by atoms with Crippen LogP contribution in [0.1, 0.15) is 118 Å². The number of esters is 1. The van der Waals surface area contributed by atoms with Crippen molar-refractivity contribution in [3.8, 4) is 11.1 Å². The van der Waals surface area contributed by atoms with Crippen molar-refractivity contribution in [1.82, 2.24) is 0 Å². The molecule has 1 fully saturated rings. The highest BCUT2D eigenvalue weighted by molar-refractivity contribution is 5.90. The molecule has 2 aromatic carbocycles. The van der Waals surface area contributed by atoms with Gasteiger partial charge in [0, 0.05) is 13.2 Å². The molecule has 1 aliphatic rings. The highest BCUT2D eigenvalue weighted by Gasteiger charge is 2.14. The molecule has 0 aromatic heterocycles. The topological polar surface area (TPSA) is 35.5 Å². The Morgan fingerprint density at radius 1 is 0.784 bits per heavy atom. The summed E-state index contributed by atoms with van der Waals surface area (Å²) in [6.07, 6.45) is 17.1. The van der Waals surface area contributed by atoms with E-state index in [0.29, 0.717) is 12.2 Å². The van der Waals surface area contributed by atoms with Gasteiger partial charge in [-0.1, -0.05) is 89.5 Å². The molecule has 0 bridgehead atoms. The zero-order valence-electron chi connectivity index (χ0n) is 23.8. The molecule has 0 spiro atoms. The van der Waals surface area contributed by atoms with Crippen molar-refractivity contribution in [2.75, 3.05) is 19.8 Å². The van der Waals surface area contributed by atoms with Crippen LogP contribution < -0.4 is 0 Å². The number of carbonyl (C=O) groups is 1. The van der Waals surface area contributed by atoms with Gasteiger partial charge in [0.15, 0.2) is 0 Å². The third-order valence-electron chi connectivity index (χ3n) is 8.01. The Bertz CT molecular complexity index is 942. The van der Waals surface area contributed by atoms with Crippen molar-refractivity contribution >= 4 is 5.97 Å². The van der Waals surface area contributed by atoms with E-state index in [1.807, 2.05) is 12.1 Å². The lowest BCUT2D eigenvalue weighted by Crippen LogP contribution is -2.13. The largest absolute Gasteiger partial charge is 0.462 e. The van der Waals surface area contributed by atoms with Gasteiger partial charge in [0.1, 0.15) is 0 Å². The van der Waals surface area contributed by atoms with E-state index in [0.717, 1.165) is 44.8 Å². The van der Waals surface area contributed by atoms with Gasteiger partial charge in [0.2, 0.25) is 0 Å². The van der Waals surface area contributed by atoms with Crippen LogP contribution in [0.4, 0.5) is 0 Å². The van der Waals surface area contributed by atoms with E-state index in [1.165, 1.54) is 92.0 Å². The number of hydrogen-bond acceptors (Lipinski definition) is 3. The number of hydrogen-bond donors (Lipinski definition) is 0. The molecule has 3 nitrogen and oxygen atoms in total. The maximum atomic E-state index is 12.6. The Labute approximate surface area is 226 Å². The summed E-state index contributed by atoms with van der Waals surface area (Å²) in [6.45, 7) is 8.93. The van der Waals surface area contributed by atoms with Gasteiger partial charge < -0.3 is 9.47 Å². The van der Waals surface area contributed by atoms with Gasteiger partial charge in [-0.2, -0.15) is 0 Å². The minimum Gasteiger partial charge on any atom is -0.462 e. The van der Waals surface area contributed by atoms with Crippen molar-refractivity contribution in [2.24, 2.45) is 5.92 Å². The molecule has 3 heteroatoms. The molecule has 0 saturated heterocycles. The molecule has 0 amide bonds. The minimum absolute atomic E-state index is 0.201. The molecule has 1 saturated carbocycles. The second-order valence-corrected chi connectivity index (χ2v) is 10.9. The quantitative estimate of drug-likeness (QED) is 0.168. The number of ether oxygens (including phenoxy) is 2. The maximum absolute atomic E-state index is 12.6. The van der Waals surface area contributed by atoms with Gasteiger partial charge in [-0.3, -0.25) is 0 Å². The van der Waals surface area contributed by atoms with Gasteiger partial charge in [-0.25, -0.2) is 4.79 Å².